The van der Waals surface area contributed by atoms with Gasteiger partial charge in [0.1, 0.15) is 11.5 Å². The predicted molar refractivity (Wildman–Crippen MR) is 88.6 cm³/mol. The molecule has 120 valence electrons. The second-order valence-corrected chi connectivity index (χ2v) is 6.22. The van der Waals surface area contributed by atoms with Gasteiger partial charge < -0.3 is 10.2 Å². The Morgan fingerprint density at radius 2 is 1.17 bits per heavy atom. The van der Waals surface area contributed by atoms with Gasteiger partial charge in [-0.05, 0) is 12.8 Å². The van der Waals surface area contributed by atoms with Crippen LogP contribution in [-0.4, -0.2) is 21.8 Å². The highest BCUT2D eigenvalue weighted by Crippen LogP contribution is 2.48. The number of halogens is 1. The number of hydrogen-bond donors (Lipinski definition) is 2. The van der Waals surface area contributed by atoms with Gasteiger partial charge in [-0.2, -0.15) is 0 Å². The minimum absolute atomic E-state index is 0. The Balaban J connectivity index is 0.00000156. The molecule has 0 bridgehead atoms. The molecule has 0 radical (unpaired) electrons. The fourth-order valence-corrected chi connectivity index (χ4v) is 4.01. The first kappa shape index (κ1) is 15.8. The lowest BCUT2D eigenvalue weighted by Crippen LogP contribution is -2.38. The zero-order valence-corrected chi connectivity index (χ0v) is 13.2. The quantitative estimate of drug-likeness (QED) is 0.718. The van der Waals surface area contributed by atoms with Gasteiger partial charge in [0.15, 0.2) is 11.6 Å². The average molecular weight is 333 g/mol. The Hall–Kier alpha value is -2.07. The number of rotatable bonds is 0. The first-order valence-electron chi connectivity index (χ1n) is 7.66. The molecule has 2 aromatic rings. The largest absolute Gasteiger partial charge is 0.507 e. The fraction of sp³-hybridized carbons (Fsp3) is 0.333. The molecule has 2 aliphatic rings. The Labute approximate surface area is 139 Å². The van der Waals surface area contributed by atoms with Crippen LogP contribution in [-0.2, 0) is 0 Å². The minimum Gasteiger partial charge on any atom is -0.507 e. The van der Waals surface area contributed by atoms with E-state index in [9.17, 15) is 19.8 Å². The van der Waals surface area contributed by atoms with Gasteiger partial charge in [-0.15, -0.1) is 12.4 Å². The summed E-state index contributed by atoms with van der Waals surface area (Å²) in [5.74, 6) is -1.44. The number of carbonyl (C=O) groups is 2. The molecule has 0 aliphatic heterocycles. The Kier molecular flexibility index (Phi) is 3.80. The number of aromatic hydroxyl groups is 2. The van der Waals surface area contributed by atoms with Crippen LogP contribution >= 0.6 is 12.4 Å². The van der Waals surface area contributed by atoms with Gasteiger partial charge in [0.05, 0.1) is 11.1 Å². The summed E-state index contributed by atoms with van der Waals surface area (Å²) < 4.78 is 0. The summed E-state index contributed by atoms with van der Waals surface area (Å²) in [6.45, 7) is 0. The molecule has 2 aromatic carbocycles. The van der Waals surface area contributed by atoms with E-state index >= 15 is 0 Å². The van der Waals surface area contributed by atoms with Crippen LogP contribution in [0.5, 0.6) is 11.5 Å². The Bertz CT molecular complexity index is 759. The van der Waals surface area contributed by atoms with Crippen molar-refractivity contribution in [2.75, 3.05) is 0 Å². The van der Waals surface area contributed by atoms with E-state index in [1.807, 2.05) is 0 Å². The van der Waals surface area contributed by atoms with Gasteiger partial charge in [-0.3, -0.25) is 9.59 Å². The molecule has 2 unspecified atom stereocenters. The molecule has 2 N–H and O–H groups in total. The number of fused-ring (bicyclic) bond motifs is 3. The standard InChI is InChI=1S/C18H16O4.ClH/c19-15-9-5-1-2-6-10(9)16(20)14-13(15)17(21)11-7-3-4-8-12(11)18(14)22;/h1-2,5-6,11-12,19-20H,3-4,7-8H2;1H. The van der Waals surface area contributed by atoms with Gasteiger partial charge >= 0.3 is 0 Å². The number of hydrogen-bond acceptors (Lipinski definition) is 4. The average Bonchev–Trinajstić information content (AvgIpc) is 2.56. The number of Topliss-reactive ketones (excluding diaryl/α,β-unsaturated/α-hetero) is 2. The van der Waals surface area contributed by atoms with E-state index in [0.29, 0.717) is 23.6 Å². The van der Waals surface area contributed by atoms with E-state index in [2.05, 4.69) is 0 Å². The van der Waals surface area contributed by atoms with Crippen molar-refractivity contribution in [3.05, 3.63) is 35.4 Å². The predicted octanol–water partition coefficient (Wildman–Crippen LogP) is 3.86. The van der Waals surface area contributed by atoms with Gasteiger partial charge in [-0.25, -0.2) is 0 Å². The second kappa shape index (κ2) is 5.53. The summed E-state index contributed by atoms with van der Waals surface area (Å²) in [5, 5.41) is 21.9. The molecule has 1 saturated carbocycles. The first-order valence-corrected chi connectivity index (χ1v) is 7.66. The SMILES string of the molecule is Cl.O=C1c2c(c(O)c3ccccc3c2O)C(=O)C2CCCCC12. The highest BCUT2D eigenvalue weighted by Gasteiger charge is 2.45. The highest BCUT2D eigenvalue weighted by molar-refractivity contribution is 6.22. The van der Waals surface area contributed by atoms with E-state index in [1.54, 1.807) is 24.3 Å². The van der Waals surface area contributed by atoms with Crippen LogP contribution in [0.3, 0.4) is 0 Å². The van der Waals surface area contributed by atoms with Crippen LogP contribution in [0.2, 0.25) is 0 Å². The molecule has 23 heavy (non-hydrogen) atoms. The van der Waals surface area contributed by atoms with Crippen molar-refractivity contribution < 1.29 is 19.8 Å². The zero-order valence-electron chi connectivity index (χ0n) is 12.4. The molecule has 4 nitrogen and oxygen atoms in total. The molecule has 2 aliphatic carbocycles. The van der Waals surface area contributed by atoms with Crippen LogP contribution in [0, 0.1) is 11.8 Å². The van der Waals surface area contributed by atoms with Crippen LogP contribution in [0.15, 0.2) is 24.3 Å². The van der Waals surface area contributed by atoms with Crippen molar-refractivity contribution in [1.29, 1.82) is 0 Å². The molecule has 2 atom stereocenters. The highest BCUT2D eigenvalue weighted by atomic mass is 35.5. The van der Waals surface area contributed by atoms with E-state index in [4.69, 9.17) is 0 Å². The lowest BCUT2D eigenvalue weighted by atomic mass is 9.66. The summed E-state index contributed by atoms with van der Waals surface area (Å²) in [7, 11) is 0. The maximum atomic E-state index is 12.8. The van der Waals surface area contributed by atoms with Crippen molar-refractivity contribution in [3.8, 4) is 11.5 Å². The van der Waals surface area contributed by atoms with Crippen LogP contribution in [0.25, 0.3) is 10.8 Å². The molecule has 4 rings (SSSR count). The zero-order chi connectivity index (χ0) is 15.4. The molecule has 5 heteroatoms. The Morgan fingerprint density at radius 1 is 0.783 bits per heavy atom. The van der Waals surface area contributed by atoms with Crippen molar-refractivity contribution in [3.63, 3.8) is 0 Å². The normalized spacial score (nSPS) is 23.1. The van der Waals surface area contributed by atoms with Crippen LogP contribution < -0.4 is 0 Å². The third kappa shape index (κ3) is 2.05. The third-order valence-corrected chi connectivity index (χ3v) is 5.09. The van der Waals surface area contributed by atoms with Crippen molar-refractivity contribution in [1.82, 2.24) is 0 Å². The molecule has 0 spiro atoms. The monoisotopic (exact) mass is 332 g/mol. The van der Waals surface area contributed by atoms with Gasteiger partial charge in [0.25, 0.3) is 0 Å². The topological polar surface area (TPSA) is 74.6 Å². The number of phenolic OH excluding ortho intramolecular Hbond substituents is 2. The number of benzene rings is 2. The summed E-state index contributed by atoms with van der Waals surface area (Å²) in [4.78, 5) is 25.6. The third-order valence-electron chi connectivity index (χ3n) is 5.09. The lowest BCUT2D eigenvalue weighted by Gasteiger charge is -2.34. The van der Waals surface area contributed by atoms with E-state index in [-0.39, 0.29) is 58.4 Å². The molecule has 1 fully saturated rings. The molecule has 0 amide bonds. The maximum Gasteiger partial charge on any atom is 0.171 e. The number of carbonyl (C=O) groups excluding carboxylic acids is 2. The molecular formula is C18H17ClO4. The summed E-state index contributed by atoms with van der Waals surface area (Å²) >= 11 is 0. The Morgan fingerprint density at radius 3 is 1.57 bits per heavy atom. The maximum absolute atomic E-state index is 12.8. The molecule has 0 heterocycles. The van der Waals surface area contributed by atoms with Crippen molar-refractivity contribution >= 4 is 34.7 Å². The molecule has 0 saturated heterocycles. The first-order chi connectivity index (χ1) is 10.6. The molecular weight excluding hydrogens is 316 g/mol. The van der Waals surface area contributed by atoms with Crippen LogP contribution in [0.1, 0.15) is 46.4 Å². The van der Waals surface area contributed by atoms with Gasteiger partial charge in [0, 0.05) is 22.6 Å². The van der Waals surface area contributed by atoms with E-state index in [0.717, 1.165) is 12.8 Å². The lowest BCUT2D eigenvalue weighted by molar-refractivity contribution is 0.0671. The summed E-state index contributed by atoms with van der Waals surface area (Å²) in [5.41, 5.74) is 0.0358. The smallest absolute Gasteiger partial charge is 0.171 e. The summed E-state index contributed by atoms with van der Waals surface area (Å²) in [6.07, 6.45) is 3.22. The van der Waals surface area contributed by atoms with E-state index in [1.165, 1.54) is 0 Å². The number of ketones is 2. The number of phenols is 2. The van der Waals surface area contributed by atoms with E-state index < -0.39 is 0 Å². The fourth-order valence-electron chi connectivity index (χ4n) is 4.01. The van der Waals surface area contributed by atoms with Gasteiger partial charge in [0.2, 0.25) is 0 Å². The molecule has 0 aromatic heterocycles. The summed E-state index contributed by atoms with van der Waals surface area (Å²) in [6, 6.07) is 6.75. The van der Waals surface area contributed by atoms with Crippen molar-refractivity contribution in [2.24, 2.45) is 11.8 Å². The van der Waals surface area contributed by atoms with Crippen molar-refractivity contribution in [2.45, 2.75) is 25.7 Å². The minimum atomic E-state index is -0.347. The van der Waals surface area contributed by atoms with Crippen LogP contribution in [0.4, 0.5) is 0 Å². The van der Waals surface area contributed by atoms with Gasteiger partial charge in [-0.1, -0.05) is 37.1 Å². The second-order valence-electron chi connectivity index (χ2n) is 6.22.